The molecule has 0 saturated carbocycles. The average Bonchev–Trinajstić information content (AvgIpc) is 3.48. The third-order valence-corrected chi connectivity index (χ3v) is 5.78. The fraction of sp³-hybridized carbons (Fsp3) is 0.136. The summed E-state index contributed by atoms with van der Waals surface area (Å²) in [5.74, 6) is -0.206. The normalized spacial score (nSPS) is 11.2. The van der Waals surface area contributed by atoms with Crippen molar-refractivity contribution in [2.75, 3.05) is 5.32 Å². The zero-order valence-corrected chi connectivity index (χ0v) is 17.8. The summed E-state index contributed by atoms with van der Waals surface area (Å²) in [6.45, 7) is 1.99. The van der Waals surface area contributed by atoms with Gasteiger partial charge in [-0.3, -0.25) is 9.48 Å². The Balaban J connectivity index is 1.39. The highest BCUT2D eigenvalue weighted by Crippen LogP contribution is 2.30. The minimum atomic E-state index is -0.206. The number of fused-ring (bicyclic) bond motifs is 1. The van der Waals surface area contributed by atoms with Crippen LogP contribution < -0.4 is 5.32 Å². The zero-order chi connectivity index (χ0) is 21.4. The molecule has 0 aliphatic carbocycles. The topological polar surface area (TPSA) is 90.5 Å². The maximum absolute atomic E-state index is 12.7. The Bertz CT molecular complexity index is 1380. The largest absolute Gasteiger partial charge is 0.300 e. The molecule has 0 atom stereocenters. The first-order chi connectivity index (χ1) is 15.1. The van der Waals surface area contributed by atoms with Gasteiger partial charge in [0.1, 0.15) is 12.2 Å². The van der Waals surface area contributed by atoms with Crippen molar-refractivity contribution < 1.29 is 4.79 Å². The van der Waals surface area contributed by atoms with Gasteiger partial charge >= 0.3 is 0 Å². The van der Waals surface area contributed by atoms with Crippen LogP contribution in [0.15, 0.2) is 60.2 Å². The van der Waals surface area contributed by atoms with E-state index in [1.165, 1.54) is 11.3 Å². The highest BCUT2D eigenvalue weighted by atomic mass is 32.1. The minimum Gasteiger partial charge on any atom is -0.300 e. The van der Waals surface area contributed by atoms with Crippen LogP contribution in [-0.4, -0.2) is 35.4 Å². The SMILES string of the molecule is Cc1nn(CC(=O)Nc2nc(-c3ccnn3C)cs2)c2nccc(-c3ccccc3)c12. The van der Waals surface area contributed by atoms with Gasteiger partial charge in [0.05, 0.1) is 11.4 Å². The summed E-state index contributed by atoms with van der Waals surface area (Å²) in [6.07, 6.45) is 3.47. The average molecular weight is 430 g/mol. The number of aryl methyl sites for hydroxylation is 2. The molecule has 1 N–H and O–H groups in total. The molecule has 0 saturated heterocycles. The first-order valence-electron chi connectivity index (χ1n) is 9.71. The van der Waals surface area contributed by atoms with Gasteiger partial charge in [-0.05, 0) is 30.2 Å². The van der Waals surface area contributed by atoms with Gasteiger partial charge in [0, 0.05) is 30.2 Å². The van der Waals surface area contributed by atoms with Gasteiger partial charge in [0.2, 0.25) is 5.91 Å². The van der Waals surface area contributed by atoms with Gasteiger partial charge < -0.3 is 5.32 Å². The molecular weight excluding hydrogens is 410 g/mol. The second-order valence-electron chi connectivity index (χ2n) is 7.09. The van der Waals surface area contributed by atoms with Crippen molar-refractivity contribution in [1.29, 1.82) is 0 Å². The molecule has 5 aromatic rings. The number of nitrogens with one attached hydrogen (secondary N) is 1. The van der Waals surface area contributed by atoms with E-state index in [0.29, 0.717) is 10.8 Å². The van der Waals surface area contributed by atoms with E-state index < -0.39 is 0 Å². The van der Waals surface area contributed by atoms with Crippen molar-refractivity contribution in [2.45, 2.75) is 13.5 Å². The molecule has 0 spiro atoms. The van der Waals surface area contributed by atoms with Crippen molar-refractivity contribution in [3.8, 4) is 22.5 Å². The summed E-state index contributed by atoms with van der Waals surface area (Å²) >= 11 is 1.37. The maximum Gasteiger partial charge on any atom is 0.247 e. The van der Waals surface area contributed by atoms with Crippen LogP contribution in [0.25, 0.3) is 33.5 Å². The van der Waals surface area contributed by atoms with Gasteiger partial charge in [0.25, 0.3) is 0 Å². The van der Waals surface area contributed by atoms with Crippen molar-refractivity contribution in [1.82, 2.24) is 29.5 Å². The van der Waals surface area contributed by atoms with Crippen LogP contribution in [0.5, 0.6) is 0 Å². The van der Waals surface area contributed by atoms with Crippen LogP contribution in [0, 0.1) is 6.92 Å². The Morgan fingerprint density at radius 3 is 2.74 bits per heavy atom. The number of carbonyl (C=O) groups is 1. The second-order valence-corrected chi connectivity index (χ2v) is 7.95. The van der Waals surface area contributed by atoms with Gasteiger partial charge in [-0.2, -0.15) is 10.2 Å². The van der Waals surface area contributed by atoms with E-state index in [-0.39, 0.29) is 12.5 Å². The Morgan fingerprint density at radius 1 is 1.13 bits per heavy atom. The molecule has 4 heterocycles. The quantitative estimate of drug-likeness (QED) is 0.458. The van der Waals surface area contributed by atoms with E-state index in [4.69, 9.17) is 0 Å². The Morgan fingerprint density at radius 2 is 1.97 bits per heavy atom. The smallest absolute Gasteiger partial charge is 0.247 e. The first-order valence-corrected chi connectivity index (χ1v) is 10.6. The molecule has 31 heavy (non-hydrogen) atoms. The summed E-state index contributed by atoms with van der Waals surface area (Å²) in [5, 5.41) is 15.0. The summed E-state index contributed by atoms with van der Waals surface area (Å²) in [7, 11) is 1.86. The fourth-order valence-electron chi connectivity index (χ4n) is 3.62. The molecule has 8 nitrogen and oxygen atoms in total. The van der Waals surface area contributed by atoms with Crippen molar-refractivity contribution >= 4 is 33.4 Å². The number of pyridine rings is 1. The highest BCUT2D eigenvalue weighted by molar-refractivity contribution is 7.14. The number of carbonyl (C=O) groups excluding carboxylic acids is 1. The van der Waals surface area contributed by atoms with E-state index in [9.17, 15) is 4.79 Å². The van der Waals surface area contributed by atoms with Crippen LogP contribution in [0.3, 0.4) is 0 Å². The van der Waals surface area contributed by atoms with Crippen LogP contribution >= 0.6 is 11.3 Å². The second kappa shape index (κ2) is 7.77. The lowest BCUT2D eigenvalue weighted by molar-refractivity contribution is -0.116. The molecule has 0 aliphatic heterocycles. The number of rotatable bonds is 5. The molecule has 0 unspecified atom stereocenters. The number of thiazole rings is 1. The van der Waals surface area contributed by atoms with Crippen molar-refractivity contribution in [2.24, 2.45) is 7.05 Å². The molecule has 1 amide bonds. The molecule has 0 radical (unpaired) electrons. The first kappa shape index (κ1) is 19.1. The van der Waals surface area contributed by atoms with Gasteiger partial charge in [0.15, 0.2) is 10.8 Å². The number of hydrogen-bond donors (Lipinski definition) is 1. The number of amides is 1. The molecule has 0 bridgehead atoms. The third kappa shape index (κ3) is 3.59. The van der Waals surface area contributed by atoms with Gasteiger partial charge in [-0.25, -0.2) is 14.6 Å². The Kier molecular flexibility index (Phi) is 4.79. The highest BCUT2D eigenvalue weighted by Gasteiger charge is 2.17. The standard InChI is InChI=1S/C22H19N7OS/c1-14-20-16(15-6-4-3-5-7-15)8-10-23-21(20)29(27-14)12-19(30)26-22-25-17(13-31-22)18-9-11-24-28(18)2/h3-11,13H,12H2,1-2H3,(H,25,26,30). The van der Waals surface area contributed by atoms with Gasteiger partial charge in [-0.1, -0.05) is 30.3 Å². The summed E-state index contributed by atoms with van der Waals surface area (Å²) in [4.78, 5) is 21.7. The molecule has 0 fully saturated rings. The van der Waals surface area contributed by atoms with Crippen molar-refractivity contribution in [3.63, 3.8) is 0 Å². The molecule has 0 aliphatic rings. The molecule has 9 heteroatoms. The maximum atomic E-state index is 12.7. The van der Waals surface area contributed by atoms with Crippen LogP contribution in [0.2, 0.25) is 0 Å². The molecule has 5 rings (SSSR count). The number of benzene rings is 1. The van der Waals surface area contributed by atoms with E-state index in [0.717, 1.165) is 33.6 Å². The van der Waals surface area contributed by atoms with E-state index >= 15 is 0 Å². The lowest BCUT2D eigenvalue weighted by Gasteiger charge is -2.05. The third-order valence-electron chi connectivity index (χ3n) is 5.02. The van der Waals surface area contributed by atoms with Gasteiger partial charge in [-0.15, -0.1) is 11.3 Å². The predicted molar refractivity (Wildman–Crippen MR) is 121 cm³/mol. The summed E-state index contributed by atoms with van der Waals surface area (Å²) in [6, 6.07) is 14.0. The van der Waals surface area contributed by atoms with E-state index in [1.54, 1.807) is 21.8 Å². The molecule has 1 aromatic carbocycles. The van der Waals surface area contributed by atoms with E-state index in [2.05, 4.69) is 37.6 Å². The summed E-state index contributed by atoms with van der Waals surface area (Å²) < 4.78 is 3.39. The number of nitrogens with zero attached hydrogens (tertiary/aromatic N) is 6. The number of aromatic nitrogens is 6. The van der Waals surface area contributed by atoms with Crippen LogP contribution in [0.4, 0.5) is 5.13 Å². The zero-order valence-electron chi connectivity index (χ0n) is 17.0. The Hall–Kier alpha value is -3.85. The Labute approximate surface area is 182 Å². The minimum absolute atomic E-state index is 0.0518. The molecular formula is C22H19N7OS. The summed E-state index contributed by atoms with van der Waals surface area (Å²) in [5.41, 5.74) is 5.33. The predicted octanol–water partition coefficient (Wildman–Crippen LogP) is 3.90. The van der Waals surface area contributed by atoms with Crippen LogP contribution in [0.1, 0.15) is 5.69 Å². The monoisotopic (exact) mass is 429 g/mol. The number of anilines is 1. The van der Waals surface area contributed by atoms with Crippen molar-refractivity contribution in [3.05, 3.63) is 65.9 Å². The van der Waals surface area contributed by atoms with E-state index in [1.807, 2.05) is 49.7 Å². The number of hydrogen-bond acceptors (Lipinski definition) is 6. The lowest BCUT2D eigenvalue weighted by atomic mass is 10.0. The fourth-order valence-corrected chi connectivity index (χ4v) is 4.34. The van der Waals surface area contributed by atoms with Crippen LogP contribution in [-0.2, 0) is 18.4 Å². The molecule has 4 aromatic heterocycles. The molecule has 154 valence electrons. The lowest BCUT2D eigenvalue weighted by Crippen LogP contribution is -2.19.